The van der Waals surface area contributed by atoms with Gasteiger partial charge in [-0.25, -0.2) is 0 Å². The summed E-state index contributed by atoms with van der Waals surface area (Å²) in [5.74, 6) is -0.0507. The predicted molar refractivity (Wildman–Crippen MR) is 118 cm³/mol. The molecule has 2 amide bonds. The number of carbonyl (C=O) groups excluding carboxylic acids is 2. The maximum Gasteiger partial charge on any atom is 0.254 e. The van der Waals surface area contributed by atoms with Crippen LogP contribution < -0.4 is 5.32 Å². The molecule has 0 atom stereocenters. The van der Waals surface area contributed by atoms with E-state index in [1.807, 2.05) is 23.2 Å². The van der Waals surface area contributed by atoms with Gasteiger partial charge in [-0.15, -0.1) is 0 Å². The maximum absolute atomic E-state index is 12.9. The van der Waals surface area contributed by atoms with E-state index in [0.717, 1.165) is 30.5 Å². The Morgan fingerprint density at radius 1 is 1.00 bits per heavy atom. The minimum atomic E-state index is -0.0591. The van der Waals surface area contributed by atoms with Gasteiger partial charge in [0, 0.05) is 62.0 Å². The molecular formula is C24H26N4O2. The first kappa shape index (κ1) is 20.0. The normalized spacial score (nSPS) is 14.6. The Hall–Kier alpha value is -3.25. The van der Waals surface area contributed by atoms with E-state index in [-0.39, 0.29) is 11.8 Å². The van der Waals surface area contributed by atoms with Crippen LogP contribution in [0.2, 0.25) is 0 Å². The topological polar surface area (TPSA) is 65.5 Å². The first-order valence-electron chi connectivity index (χ1n) is 10.4. The monoisotopic (exact) mass is 402 g/mol. The van der Waals surface area contributed by atoms with Crippen LogP contribution in [-0.2, 0) is 11.3 Å². The summed E-state index contributed by atoms with van der Waals surface area (Å²) in [4.78, 5) is 33.3. The number of carbonyl (C=O) groups is 2. The summed E-state index contributed by atoms with van der Waals surface area (Å²) in [6.45, 7) is 5.64. The highest BCUT2D eigenvalue weighted by molar-refractivity contribution is 5.97. The van der Waals surface area contributed by atoms with Crippen LogP contribution in [0.15, 0.2) is 60.8 Å². The predicted octanol–water partition coefficient (Wildman–Crippen LogP) is 3.54. The van der Waals surface area contributed by atoms with E-state index < -0.39 is 0 Å². The van der Waals surface area contributed by atoms with Crippen LogP contribution in [0.3, 0.4) is 0 Å². The highest BCUT2D eigenvalue weighted by Gasteiger charge is 2.23. The van der Waals surface area contributed by atoms with Gasteiger partial charge in [-0.2, -0.15) is 0 Å². The number of piperazine rings is 1. The van der Waals surface area contributed by atoms with Crippen LogP contribution in [0.1, 0.15) is 29.3 Å². The van der Waals surface area contributed by atoms with Crippen molar-refractivity contribution in [2.45, 2.75) is 19.9 Å². The fourth-order valence-corrected chi connectivity index (χ4v) is 3.81. The SMILES string of the molecule is CCC(=O)Nc1cccc(C(=O)N2CCN(Cc3cccc4cccnc34)CC2)c1. The van der Waals surface area contributed by atoms with Gasteiger partial charge in [-0.3, -0.25) is 19.5 Å². The molecule has 0 spiro atoms. The average molecular weight is 402 g/mol. The fourth-order valence-electron chi connectivity index (χ4n) is 3.81. The minimum Gasteiger partial charge on any atom is -0.336 e. The molecule has 2 heterocycles. The second kappa shape index (κ2) is 9.05. The van der Waals surface area contributed by atoms with E-state index in [9.17, 15) is 9.59 Å². The number of pyridine rings is 1. The summed E-state index contributed by atoms with van der Waals surface area (Å²) in [7, 11) is 0. The molecule has 0 saturated carbocycles. The summed E-state index contributed by atoms with van der Waals surface area (Å²) < 4.78 is 0. The third-order valence-electron chi connectivity index (χ3n) is 5.48. The lowest BCUT2D eigenvalue weighted by molar-refractivity contribution is -0.115. The molecule has 30 heavy (non-hydrogen) atoms. The smallest absolute Gasteiger partial charge is 0.254 e. The van der Waals surface area contributed by atoms with Crippen molar-refractivity contribution in [1.82, 2.24) is 14.8 Å². The minimum absolute atomic E-state index is 0.00840. The van der Waals surface area contributed by atoms with E-state index >= 15 is 0 Å². The molecule has 154 valence electrons. The summed E-state index contributed by atoms with van der Waals surface area (Å²) in [6, 6.07) is 17.5. The van der Waals surface area contributed by atoms with Gasteiger partial charge in [-0.1, -0.05) is 37.3 Å². The van der Waals surface area contributed by atoms with Crippen LogP contribution in [0.25, 0.3) is 10.9 Å². The van der Waals surface area contributed by atoms with Crippen molar-refractivity contribution in [2.24, 2.45) is 0 Å². The zero-order valence-electron chi connectivity index (χ0n) is 17.2. The van der Waals surface area contributed by atoms with Gasteiger partial charge in [0.05, 0.1) is 5.52 Å². The largest absolute Gasteiger partial charge is 0.336 e. The summed E-state index contributed by atoms with van der Waals surface area (Å²) in [6.07, 6.45) is 2.24. The molecule has 0 bridgehead atoms. The van der Waals surface area contributed by atoms with Crippen molar-refractivity contribution < 1.29 is 9.59 Å². The number of amides is 2. The lowest BCUT2D eigenvalue weighted by Crippen LogP contribution is -2.48. The molecule has 1 N–H and O–H groups in total. The molecule has 3 aromatic rings. The number of aromatic nitrogens is 1. The lowest BCUT2D eigenvalue weighted by Gasteiger charge is -2.35. The Balaban J connectivity index is 1.38. The number of anilines is 1. The Morgan fingerprint density at radius 3 is 2.57 bits per heavy atom. The molecule has 6 heteroatoms. The van der Waals surface area contributed by atoms with Crippen molar-refractivity contribution in [3.63, 3.8) is 0 Å². The van der Waals surface area contributed by atoms with Crippen LogP contribution >= 0.6 is 0 Å². The number of nitrogens with zero attached hydrogens (tertiary/aromatic N) is 3. The molecule has 1 saturated heterocycles. The van der Waals surface area contributed by atoms with Gasteiger partial charge < -0.3 is 10.2 Å². The third kappa shape index (κ3) is 4.49. The quantitative estimate of drug-likeness (QED) is 0.709. The molecule has 4 rings (SSSR count). The number of hydrogen-bond acceptors (Lipinski definition) is 4. The highest BCUT2D eigenvalue weighted by Crippen LogP contribution is 2.19. The van der Waals surface area contributed by atoms with Gasteiger partial charge in [0.15, 0.2) is 0 Å². The van der Waals surface area contributed by atoms with Crippen molar-refractivity contribution >= 4 is 28.4 Å². The lowest BCUT2D eigenvalue weighted by atomic mass is 10.1. The first-order chi connectivity index (χ1) is 14.6. The Morgan fingerprint density at radius 2 is 1.77 bits per heavy atom. The number of nitrogens with one attached hydrogen (secondary N) is 1. The van der Waals surface area contributed by atoms with E-state index in [0.29, 0.717) is 30.8 Å². The molecule has 1 aliphatic rings. The van der Waals surface area contributed by atoms with Crippen molar-refractivity contribution in [3.8, 4) is 0 Å². The van der Waals surface area contributed by atoms with Crippen LogP contribution in [-0.4, -0.2) is 52.8 Å². The molecular weight excluding hydrogens is 376 g/mol. The van der Waals surface area contributed by atoms with Crippen LogP contribution in [0.5, 0.6) is 0 Å². The molecule has 1 aromatic heterocycles. The molecule has 1 fully saturated rings. The molecule has 0 unspecified atom stereocenters. The summed E-state index contributed by atoms with van der Waals surface area (Å²) in [5.41, 5.74) is 3.53. The molecule has 2 aromatic carbocycles. The molecule has 1 aliphatic heterocycles. The summed E-state index contributed by atoms with van der Waals surface area (Å²) >= 11 is 0. The van der Waals surface area contributed by atoms with Gasteiger partial charge >= 0.3 is 0 Å². The van der Waals surface area contributed by atoms with Gasteiger partial charge in [-0.05, 0) is 29.8 Å². The Labute approximate surface area is 176 Å². The Bertz CT molecular complexity index is 1050. The number of hydrogen-bond donors (Lipinski definition) is 1. The summed E-state index contributed by atoms with van der Waals surface area (Å²) in [5, 5.41) is 3.97. The second-order valence-electron chi connectivity index (χ2n) is 7.54. The maximum atomic E-state index is 12.9. The van der Waals surface area contributed by atoms with Gasteiger partial charge in [0.25, 0.3) is 5.91 Å². The van der Waals surface area contributed by atoms with Crippen molar-refractivity contribution in [3.05, 3.63) is 71.9 Å². The number of fused-ring (bicyclic) bond motifs is 1. The Kier molecular flexibility index (Phi) is 6.05. The van der Waals surface area contributed by atoms with E-state index in [2.05, 4.69) is 39.5 Å². The third-order valence-corrected chi connectivity index (χ3v) is 5.48. The molecule has 0 radical (unpaired) electrons. The molecule has 6 nitrogen and oxygen atoms in total. The standard InChI is InChI=1S/C24H26N4O2/c1-2-22(29)26-21-10-4-7-19(16-21)24(30)28-14-12-27(13-15-28)17-20-8-3-6-18-9-5-11-25-23(18)20/h3-11,16H,2,12-15,17H2,1H3,(H,26,29). The van der Waals surface area contributed by atoms with Crippen molar-refractivity contribution in [2.75, 3.05) is 31.5 Å². The number of rotatable bonds is 5. The highest BCUT2D eigenvalue weighted by atomic mass is 16.2. The number of para-hydroxylation sites is 1. The second-order valence-corrected chi connectivity index (χ2v) is 7.54. The average Bonchev–Trinajstić information content (AvgIpc) is 2.79. The van der Waals surface area contributed by atoms with E-state index in [4.69, 9.17) is 0 Å². The first-order valence-corrected chi connectivity index (χ1v) is 10.4. The van der Waals surface area contributed by atoms with Crippen molar-refractivity contribution in [1.29, 1.82) is 0 Å². The zero-order chi connectivity index (χ0) is 20.9. The fraction of sp³-hybridized carbons (Fsp3) is 0.292. The molecule has 0 aliphatic carbocycles. The van der Waals surface area contributed by atoms with E-state index in [1.54, 1.807) is 25.1 Å². The van der Waals surface area contributed by atoms with E-state index in [1.165, 1.54) is 5.56 Å². The van der Waals surface area contributed by atoms with Gasteiger partial charge in [0.1, 0.15) is 0 Å². The van der Waals surface area contributed by atoms with Crippen LogP contribution in [0.4, 0.5) is 5.69 Å². The van der Waals surface area contributed by atoms with Crippen LogP contribution in [0, 0.1) is 0 Å². The zero-order valence-corrected chi connectivity index (χ0v) is 17.2. The van der Waals surface area contributed by atoms with Gasteiger partial charge in [0.2, 0.25) is 5.91 Å². The number of benzene rings is 2.